The summed E-state index contributed by atoms with van der Waals surface area (Å²) in [7, 11) is 1.58. The molecular weight excluding hydrogens is 397 g/mol. The van der Waals surface area contributed by atoms with Crippen molar-refractivity contribution in [1.29, 1.82) is 0 Å². The number of pyridine rings is 1. The highest BCUT2D eigenvalue weighted by Gasteiger charge is 2.32. The first-order chi connectivity index (χ1) is 14.8. The molecule has 0 amide bonds. The summed E-state index contributed by atoms with van der Waals surface area (Å²) >= 11 is 0. The van der Waals surface area contributed by atoms with Crippen molar-refractivity contribution in [2.45, 2.75) is 20.0 Å². The van der Waals surface area contributed by atoms with Crippen LogP contribution in [-0.4, -0.2) is 64.5 Å². The lowest BCUT2D eigenvalue weighted by atomic mass is 9.79. The fourth-order valence-electron chi connectivity index (χ4n) is 4.47. The first-order valence-electron chi connectivity index (χ1n) is 10.4. The number of halogens is 1. The normalized spacial score (nSPS) is 17.5. The molecule has 0 fully saturated rings. The molecule has 3 heterocycles. The third kappa shape index (κ3) is 4.21. The molecule has 31 heavy (non-hydrogen) atoms. The largest absolute Gasteiger partial charge is 0.496 e. The lowest BCUT2D eigenvalue weighted by molar-refractivity contribution is 0.0538. The predicted octanol–water partition coefficient (Wildman–Crippen LogP) is 3.46. The van der Waals surface area contributed by atoms with Gasteiger partial charge in [-0.15, -0.1) is 0 Å². The van der Waals surface area contributed by atoms with Gasteiger partial charge in [-0.1, -0.05) is 19.9 Å². The molecule has 164 valence electrons. The van der Waals surface area contributed by atoms with Crippen molar-refractivity contribution in [3.8, 4) is 16.9 Å². The highest BCUT2D eigenvalue weighted by Crippen LogP contribution is 2.41. The highest BCUT2D eigenvalue weighted by molar-refractivity contribution is 5.97. The van der Waals surface area contributed by atoms with Gasteiger partial charge < -0.3 is 19.9 Å². The van der Waals surface area contributed by atoms with Gasteiger partial charge in [0.05, 0.1) is 19.8 Å². The maximum atomic E-state index is 14.0. The van der Waals surface area contributed by atoms with E-state index in [1.165, 1.54) is 12.1 Å². The van der Waals surface area contributed by atoms with Crippen LogP contribution in [0.5, 0.6) is 5.75 Å². The van der Waals surface area contributed by atoms with E-state index in [0.29, 0.717) is 24.4 Å². The smallest absolute Gasteiger partial charge is 0.138 e. The molecule has 0 saturated carbocycles. The number of rotatable bonds is 6. The van der Waals surface area contributed by atoms with Crippen LogP contribution < -0.4 is 4.74 Å². The molecule has 7 heteroatoms. The van der Waals surface area contributed by atoms with E-state index in [2.05, 4.69) is 40.9 Å². The summed E-state index contributed by atoms with van der Waals surface area (Å²) in [6.45, 7) is 5.94. The van der Waals surface area contributed by atoms with Crippen LogP contribution in [0.15, 0.2) is 42.6 Å². The minimum Gasteiger partial charge on any atom is -0.496 e. The number of hydrogen-bond donors (Lipinski definition) is 3. The number of nitrogens with one attached hydrogen (secondary N) is 1. The Balaban J connectivity index is 1.74. The lowest BCUT2D eigenvalue weighted by Crippen LogP contribution is -2.43. The van der Waals surface area contributed by atoms with E-state index in [-0.39, 0.29) is 17.8 Å². The Labute approximate surface area is 181 Å². The number of aliphatic hydroxyl groups excluding tert-OH is 2. The van der Waals surface area contributed by atoms with Gasteiger partial charge in [-0.05, 0) is 41.5 Å². The van der Waals surface area contributed by atoms with Crippen LogP contribution in [0.2, 0.25) is 0 Å². The summed E-state index contributed by atoms with van der Waals surface area (Å²) in [5, 5.41) is 19.8. The molecule has 3 N–H and O–H groups in total. The van der Waals surface area contributed by atoms with Crippen LogP contribution in [0.1, 0.15) is 19.5 Å². The zero-order chi connectivity index (χ0) is 22.2. The number of aliphatic hydroxyl groups is 2. The second-order valence-corrected chi connectivity index (χ2v) is 8.68. The minimum atomic E-state index is -0.744. The molecule has 2 aromatic heterocycles. The Morgan fingerprint density at radius 2 is 2.06 bits per heavy atom. The SMILES string of the molecule is COc1ccc(F)cc1-c1ccnc2[nH]c(C3=CCN(CC(O)CO)CC3(C)C)cc12. The Morgan fingerprint density at radius 3 is 2.77 bits per heavy atom. The molecule has 1 aliphatic rings. The summed E-state index contributed by atoms with van der Waals surface area (Å²) < 4.78 is 19.5. The first-order valence-corrected chi connectivity index (χ1v) is 10.4. The fraction of sp³-hybridized carbons (Fsp3) is 0.375. The average Bonchev–Trinajstić information content (AvgIpc) is 3.16. The van der Waals surface area contributed by atoms with E-state index in [4.69, 9.17) is 9.84 Å². The van der Waals surface area contributed by atoms with Crippen molar-refractivity contribution in [3.05, 3.63) is 54.1 Å². The number of aromatic amines is 1. The van der Waals surface area contributed by atoms with Gasteiger partial charge in [-0.2, -0.15) is 0 Å². The quantitative estimate of drug-likeness (QED) is 0.564. The number of aromatic nitrogens is 2. The molecule has 1 aromatic carbocycles. The molecule has 3 aromatic rings. The monoisotopic (exact) mass is 425 g/mol. The first kappa shape index (κ1) is 21.5. The second kappa shape index (κ2) is 8.42. The van der Waals surface area contributed by atoms with E-state index >= 15 is 0 Å². The Morgan fingerprint density at radius 1 is 1.26 bits per heavy atom. The molecule has 0 radical (unpaired) electrons. The van der Waals surface area contributed by atoms with Gasteiger partial charge in [0.15, 0.2) is 0 Å². The summed E-state index contributed by atoms with van der Waals surface area (Å²) in [6.07, 6.45) is 3.12. The van der Waals surface area contributed by atoms with Crippen LogP contribution in [-0.2, 0) is 0 Å². The van der Waals surface area contributed by atoms with Crippen molar-refractivity contribution in [3.63, 3.8) is 0 Å². The summed E-state index contributed by atoms with van der Waals surface area (Å²) in [5.41, 5.74) is 4.22. The Kier molecular flexibility index (Phi) is 5.83. The number of nitrogens with zero attached hydrogens (tertiary/aromatic N) is 2. The number of fused-ring (bicyclic) bond motifs is 1. The van der Waals surface area contributed by atoms with E-state index < -0.39 is 6.10 Å². The predicted molar refractivity (Wildman–Crippen MR) is 119 cm³/mol. The maximum Gasteiger partial charge on any atom is 0.138 e. The van der Waals surface area contributed by atoms with E-state index in [0.717, 1.165) is 34.4 Å². The molecule has 0 bridgehead atoms. The maximum absolute atomic E-state index is 14.0. The topological polar surface area (TPSA) is 81.6 Å². The molecule has 4 rings (SSSR count). The summed E-state index contributed by atoms with van der Waals surface area (Å²) in [5.74, 6) is 0.282. The second-order valence-electron chi connectivity index (χ2n) is 8.68. The molecule has 0 aliphatic carbocycles. The van der Waals surface area contributed by atoms with Crippen molar-refractivity contribution in [2.24, 2.45) is 5.41 Å². The Hall–Kier alpha value is -2.74. The van der Waals surface area contributed by atoms with Gasteiger partial charge in [-0.25, -0.2) is 9.37 Å². The van der Waals surface area contributed by atoms with Gasteiger partial charge in [0.2, 0.25) is 0 Å². The van der Waals surface area contributed by atoms with Crippen molar-refractivity contribution in [2.75, 3.05) is 33.4 Å². The number of H-pyrrole nitrogens is 1. The third-order valence-corrected chi connectivity index (χ3v) is 5.86. The number of ether oxygens (including phenoxy) is 1. The van der Waals surface area contributed by atoms with Crippen LogP contribution in [0, 0.1) is 11.2 Å². The van der Waals surface area contributed by atoms with E-state index in [1.807, 2.05) is 6.07 Å². The van der Waals surface area contributed by atoms with Crippen molar-refractivity contribution in [1.82, 2.24) is 14.9 Å². The number of benzene rings is 1. The number of hydrogen-bond acceptors (Lipinski definition) is 5. The zero-order valence-corrected chi connectivity index (χ0v) is 18.0. The molecular formula is C24H28FN3O3. The number of methoxy groups -OCH3 is 1. The van der Waals surface area contributed by atoms with Gasteiger partial charge in [-0.3, -0.25) is 4.90 Å². The molecule has 0 saturated heterocycles. The molecule has 6 nitrogen and oxygen atoms in total. The lowest BCUT2D eigenvalue weighted by Gasteiger charge is -2.39. The molecule has 1 aliphatic heterocycles. The van der Waals surface area contributed by atoms with Gasteiger partial charge >= 0.3 is 0 Å². The van der Waals surface area contributed by atoms with Crippen LogP contribution in [0.4, 0.5) is 4.39 Å². The van der Waals surface area contributed by atoms with Crippen LogP contribution in [0.3, 0.4) is 0 Å². The van der Waals surface area contributed by atoms with Crippen LogP contribution >= 0.6 is 0 Å². The molecule has 1 unspecified atom stereocenters. The van der Waals surface area contributed by atoms with Crippen LogP contribution in [0.25, 0.3) is 27.7 Å². The van der Waals surface area contributed by atoms with Crippen molar-refractivity contribution < 1.29 is 19.3 Å². The highest BCUT2D eigenvalue weighted by atomic mass is 19.1. The zero-order valence-electron chi connectivity index (χ0n) is 18.0. The average molecular weight is 426 g/mol. The van der Waals surface area contributed by atoms with Gasteiger partial charge in [0.1, 0.15) is 17.2 Å². The molecule has 0 spiro atoms. The van der Waals surface area contributed by atoms with E-state index in [9.17, 15) is 9.50 Å². The third-order valence-electron chi connectivity index (χ3n) is 5.86. The van der Waals surface area contributed by atoms with Gasteiger partial charge in [0, 0.05) is 47.9 Å². The standard InChI is InChI=1S/C24H28FN3O3/c1-24(2)14-28(12-16(30)13-29)9-7-20(24)21-11-19-17(6-8-26-23(19)27-21)18-10-15(25)4-5-22(18)31-3/h4-8,10-11,16,29-30H,9,12-14H2,1-3H3,(H,26,27). The summed E-state index contributed by atoms with van der Waals surface area (Å²) in [6, 6.07) is 8.43. The van der Waals surface area contributed by atoms with E-state index in [1.54, 1.807) is 19.4 Å². The fourth-order valence-corrected chi connectivity index (χ4v) is 4.47. The molecule has 1 atom stereocenters. The van der Waals surface area contributed by atoms with Gasteiger partial charge in [0.25, 0.3) is 0 Å². The number of β-amino-alcohol motifs (C(OH)–C–C–N with tert-alkyl or cyclic N) is 1. The minimum absolute atomic E-state index is 0.176. The van der Waals surface area contributed by atoms with Crippen molar-refractivity contribution >= 4 is 16.6 Å². The Bertz CT molecular complexity index is 1120. The summed E-state index contributed by atoms with van der Waals surface area (Å²) in [4.78, 5) is 10.0.